The molecule has 0 aliphatic heterocycles. The lowest BCUT2D eigenvalue weighted by atomic mass is 10.2. The highest BCUT2D eigenvalue weighted by Gasteiger charge is 2.22. The van der Waals surface area contributed by atoms with Gasteiger partial charge in [-0.25, -0.2) is 8.42 Å². The average molecular weight is 343 g/mol. The standard InChI is InChI=1S/C17H17N3O3S/c1-12-7-8-16(10-17(12)19-13(2)21)24(22,23)20(3)15-6-4-5-14(9-15)11-18/h4-10H,1-3H3,(H,19,21). The SMILES string of the molecule is CC(=O)Nc1cc(S(=O)(=O)N(C)c2cccc(C#N)c2)ccc1C. The van der Waals surface area contributed by atoms with Gasteiger partial charge in [0, 0.05) is 19.7 Å². The Kier molecular flexibility index (Phi) is 4.90. The van der Waals surface area contributed by atoms with Crippen molar-refractivity contribution in [2.24, 2.45) is 0 Å². The molecule has 1 amide bonds. The van der Waals surface area contributed by atoms with E-state index in [1.807, 2.05) is 6.07 Å². The van der Waals surface area contributed by atoms with Crippen molar-refractivity contribution >= 4 is 27.3 Å². The van der Waals surface area contributed by atoms with Gasteiger partial charge in [-0.05, 0) is 42.8 Å². The molecule has 0 aliphatic carbocycles. The van der Waals surface area contributed by atoms with Crippen molar-refractivity contribution in [3.63, 3.8) is 0 Å². The predicted molar refractivity (Wildman–Crippen MR) is 92.2 cm³/mol. The van der Waals surface area contributed by atoms with Crippen molar-refractivity contribution in [3.8, 4) is 6.07 Å². The molecule has 0 atom stereocenters. The number of amides is 1. The van der Waals surface area contributed by atoms with E-state index in [1.165, 1.54) is 32.2 Å². The molecular weight excluding hydrogens is 326 g/mol. The first-order chi connectivity index (χ1) is 11.3. The van der Waals surface area contributed by atoms with E-state index in [4.69, 9.17) is 5.26 Å². The Labute approximate surface area is 141 Å². The molecular formula is C17H17N3O3S. The molecule has 24 heavy (non-hydrogen) atoms. The minimum atomic E-state index is -3.82. The number of carbonyl (C=O) groups is 1. The van der Waals surface area contributed by atoms with Crippen molar-refractivity contribution < 1.29 is 13.2 Å². The summed E-state index contributed by atoms with van der Waals surface area (Å²) in [5.74, 6) is -0.275. The molecule has 1 N–H and O–H groups in total. The summed E-state index contributed by atoms with van der Waals surface area (Å²) in [6.45, 7) is 3.14. The van der Waals surface area contributed by atoms with E-state index in [0.29, 0.717) is 16.9 Å². The number of rotatable bonds is 4. The third-order valence-electron chi connectivity index (χ3n) is 3.52. The van der Waals surface area contributed by atoms with E-state index in [1.54, 1.807) is 31.2 Å². The molecule has 0 radical (unpaired) electrons. The lowest BCUT2D eigenvalue weighted by Crippen LogP contribution is -2.26. The van der Waals surface area contributed by atoms with Gasteiger partial charge in [-0.15, -0.1) is 0 Å². The summed E-state index contributed by atoms with van der Waals surface area (Å²) in [7, 11) is -2.40. The quantitative estimate of drug-likeness (QED) is 0.924. The van der Waals surface area contributed by atoms with Gasteiger partial charge in [0.2, 0.25) is 5.91 Å². The van der Waals surface area contributed by atoms with Gasteiger partial charge in [-0.3, -0.25) is 9.10 Å². The lowest BCUT2D eigenvalue weighted by Gasteiger charge is -2.20. The van der Waals surface area contributed by atoms with Crippen LogP contribution < -0.4 is 9.62 Å². The summed E-state index contributed by atoms with van der Waals surface area (Å²) in [4.78, 5) is 11.3. The first-order valence-corrected chi connectivity index (χ1v) is 8.57. The van der Waals surface area contributed by atoms with Gasteiger partial charge in [-0.2, -0.15) is 5.26 Å². The zero-order valence-electron chi connectivity index (χ0n) is 13.6. The minimum Gasteiger partial charge on any atom is -0.326 e. The van der Waals surface area contributed by atoms with Crippen LogP contribution in [-0.2, 0) is 14.8 Å². The second-order valence-corrected chi connectivity index (χ2v) is 7.26. The summed E-state index contributed by atoms with van der Waals surface area (Å²) in [5, 5.41) is 11.6. The summed E-state index contributed by atoms with van der Waals surface area (Å²) in [6.07, 6.45) is 0. The molecule has 0 heterocycles. The normalized spacial score (nSPS) is 10.8. The zero-order chi connectivity index (χ0) is 17.9. The Hall–Kier alpha value is -2.85. The number of hydrogen-bond acceptors (Lipinski definition) is 4. The molecule has 124 valence electrons. The van der Waals surface area contributed by atoms with Crippen LogP contribution in [0.5, 0.6) is 0 Å². The third kappa shape index (κ3) is 3.55. The van der Waals surface area contributed by atoms with E-state index in [9.17, 15) is 13.2 Å². The summed E-state index contributed by atoms with van der Waals surface area (Å²) in [6, 6.07) is 12.9. The fourth-order valence-electron chi connectivity index (χ4n) is 2.15. The maximum absolute atomic E-state index is 12.8. The second kappa shape index (κ2) is 6.72. The van der Waals surface area contributed by atoms with Gasteiger partial charge in [-0.1, -0.05) is 12.1 Å². The number of aryl methyl sites for hydroxylation is 1. The Morgan fingerprint density at radius 2 is 1.92 bits per heavy atom. The van der Waals surface area contributed by atoms with Gasteiger partial charge < -0.3 is 5.32 Å². The Bertz CT molecular complexity index is 930. The van der Waals surface area contributed by atoms with Gasteiger partial charge in [0.1, 0.15) is 0 Å². The van der Waals surface area contributed by atoms with Crippen LogP contribution in [-0.4, -0.2) is 21.4 Å². The molecule has 0 spiro atoms. The number of benzene rings is 2. The number of sulfonamides is 1. The number of nitriles is 1. The van der Waals surface area contributed by atoms with E-state index in [0.717, 1.165) is 9.87 Å². The van der Waals surface area contributed by atoms with Crippen molar-refractivity contribution in [3.05, 3.63) is 53.6 Å². The molecule has 7 heteroatoms. The average Bonchev–Trinajstić information content (AvgIpc) is 2.55. The van der Waals surface area contributed by atoms with E-state index in [2.05, 4.69) is 5.32 Å². The molecule has 0 bridgehead atoms. The van der Waals surface area contributed by atoms with E-state index in [-0.39, 0.29) is 10.8 Å². The van der Waals surface area contributed by atoms with Crippen LogP contribution in [0, 0.1) is 18.3 Å². The first-order valence-electron chi connectivity index (χ1n) is 7.13. The number of anilines is 2. The summed E-state index contributed by atoms with van der Waals surface area (Å²) < 4.78 is 26.7. The second-order valence-electron chi connectivity index (χ2n) is 5.29. The smallest absolute Gasteiger partial charge is 0.264 e. The molecule has 2 aromatic rings. The van der Waals surface area contributed by atoms with Gasteiger partial charge in [0.05, 0.1) is 22.2 Å². The van der Waals surface area contributed by atoms with Crippen LogP contribution in [0.2, 0.25) is 0 Å². The highest BCUT2D eigenvalue weighted by molar-refractivity contribution is 7.92. The van der Waals surface area contributed by atoms with Crippen molar-refractivity contribution in [1.82, 2.24) is 0 Å². The van der Waals surface area contributed by atoms with Crippen molar-refractivity contribution in [1.29, 1.82) is 5.26 Å². The largest absolute Gasteiger partial charge is 0.326 e. The molecule has 0 aromatic heterocycles. The topological polar surface area (TPSA) is 90.3 Å². The third-order valence-corrected chi connectivity index (χ3v) is 5.30. The van der Waals surface area contributed by atoms with Gasteiger partial charge in [0.25, 0.3) is 10.0 Å². The van der Waals surface area contributed by atoms with Crippen LogP contribution in [0.15, 0.2) is 47.4 Å². The Balaban J connectivity index is 2.46. The van der Waals surface area contributed by atoms with Crippen molar-refractivity contribution in [2.45, 2.75) is 18.7 Å². The number of carbonyl (C=O) groups excluding carboxylic acids is 1. The molecule has 0 saturated carbocycles. The molecule has 0 saturated heterocycles. The summed E-state index contributed by atoms with van der Waals surface area (Å²) in [5.41, 5.74) is 1.97. The molecule has 0 unspecified atom stereocenters. The monoisotopic (exact) mass is 343 g/mol. The Morgan fingerprint density at radius 1 is 1.21 bits per heavy atom. The number of nitrogens with one attached hydrogen (secondary N) is 1. The maximum atomic E-state index is 12.8. The van der Waals surface area contributed by atoms with Crippen LogP contribution in [0.1, 0.15) is 18.1 Å². The molecule has 0 aliphatic rings. The van der Waals surface area contributed by atoms with Crippen LogP contribution in [0.3, 0.4) is 0 Å². The molecule has 0 fully saturated rings. The first kappa shape index (κ1) is 17.5. The van der Waals surface area contributed by atoms with Crippen LogP contribution in [0.25, 0.3) is 0 Å². The van der Waals surface area contributed by atoms with E-state index >= 15 is 0 Å². The van der Waals surface area contributed by atoms with Crippen molar-refractivity contribution in [2.75, 3.05) is 16.7 Å². The highest BCUT2D eigenvalue weighted by atomic mass is 32.2. The minimum absolute atomic E-state index is 0.0571. The maximum Gasteiger partial charge on any atom is 0.264 e. The number of hydrogen-bond donors (Lipinski definition) is 1. The molecule has 6 nitrogen and oxygen atoms in total. The van der Waals surface area contributed by atoms with Gasteiger partial charge in [0.15, 0.2) is 0 Å². The molecule has 2 aromatic carbocycles. The number of nitrogens with zero attached hydrogens (tertiary/aromatic N) is 2. The van der Waals surface area contributed by atoms with Crippen LogP contribution in [0.4, 0.5) is 11.4 Å². The fraction of sp³-hybridized carbons (Fsp3) is 0.176. The highest BCUT2D eigenvalue weighted by Crippen LogP contribution is 2.26. The lowest BCUT2D eigenvalue weighted by molar-refractivity contribution is -0.114. The van der Waals surface area contributed by atoms with E-state index < -0.39 is 10.0 Å². The zero-order valence-corrected chi connectivity index (χ0v) is 14.4. The Morgan fingerprint density at radius 3 is 2.54 bits per heavy atom. The van der Waals surface area contributed by atoms with Crippen LogP contribution >= 0.6 is 0 Å². The fourth-order valence-corrected chi connectivity index (χ4v) is 3.37. The molecule has 2 rings (SSSR count). The van der Waals surface area contributed by atoms with Gasteiger partial charge >= 0.3 is 0 Å². The summed E-state index contributed by atoms with van der Waals surface area (Å²) >= 11 is 0. The predicted octanol–water partition coefficient (Wildman–Crippen LogP) is 2.65.